The van der Waals surface area contributed by atoms with Crippen LogP contribution in [0.15, 0.2) is 54.6 Å². The summed E-state index contributed by atoms with van der Waals surface area (Å²) >= 11 is 0. The van der Waals surface area contributed by atoms with Crippen LogP contribution in [0.1, 0.15) is 17.2 Å². The molecule has 0 aromatic heterocycles. The maximum absolute atomic E-state index is 12.8. The van der Waals surface area contributed by atoms with Crippen molar-refractivity contribution in [2.24, 2.45) is 0 Å². The predicted octanol–water partition coefficient (Wildman–Crippen LogP) is 2.31. The molecule has 0 aliphatic carbocycles. The van der Waals surface area contributed by atoms with Gasteiger partial charge in [-0.3, -0.25) is 4.79 Å². The summed E-state index contributed by atoms with van der Waals surface area (Å²) in [4.78, 5) is 23.2. The second-order valence-corrected chi connectivity index (χ2v) is 4.55. The third-order valence-corrected chi connectivity index (χ3v) is 2.96. The standard InChI is InChI=1S/C16H14FNO3/c17-13-8-6-11(7-9-13)10-14(19)18-15(16(20)21)12-4-2-1-3-5-12/h1-9,15H,10H2,(H,18,19)(H,20,21). The first-order valence-electron chi connectivity index (χ1n) is 6.38. The Morgan fingerprint density at radius 1 is 1.05 bits per heavy atom. The van der Waals surface area contributed by atoms with E-state index in [-0.39, 0.29) is 12.2 Å². The fraction of sp³-hybridized carbons (Fsp3) is 0.125. The minimum atomic E-state index is -1.13. The molecule has 2 N–H and O–H groups in total. The molecule has 4 nitrogen and oxygen atoms in total. The number of nitrogens with one attached hydrogen (secondary N) is 1. The summed E-state index contributed by atoms with van der Waals surface area (Å²) in [5.74, 6) is -1.95. The minimum absolute atomic E-state index is 0.00308. The van der Waals surface area contributed by atoms with Gasteiger partial charge in [0.2, 0.25) is 5.91 Å². The molecule has 5 heteroatoms. The summed E-state index contributed by atoms with van der Waals surface area (Å²) in [5, 5.41) is 11.7. The zero-order valence-corrected chi connectivity index (χ0v) is 11.1. The van der Waals surface area contributed by atoms with Crippen LogP contribution < -0.4 is 5.32 Å². The van der Waals surface area contributed by atoms with Gasteiger partial charge in [-0.15, -0.1) is 0 Å². The Labute approximate surface area is 121 Å². The first-order valence-corrected chi connectivity index (χ1v) is 6.38. The summed E-state index contributed by atoms with van der Waals surface area (Å²) < 4.78 is 12.8. The van der Waals surface area contributed by atoms with E-state index in [1.807, 2.05) is 0 Å². The van der Waals surface area contributed by atoms with Gasteiger partial charge in [-0.25, -0.2) is 9.18 Å². The quantitative estimate of drug-likeness (QED) is 0.887. The Morgan fingerprint density at radius 2 is 1.67 bits per heavy atom. The molecule has 0 spiro atoms. The molecule has 1 atom stereocenters. The molecule has 0 aliphatic rings. The molecule has 0 fully saturated rings. The van der Waals surface area contributed by atoms with Crippen molar-refractivity contribution in [3.8, 4) is 0 Å². The van der Waals surface area contributed by atoms with Gasteiger partial charge in [0.1, 0.15) is 5.82 Å². The maximum Gasteiger partial charge on any atom is 0.330 e. The summed E-state index contributed by atoms with van der Waals surface area (Å²) in [6.45, 7) is 0. The molecule has 2 aromatic rings. The highest BCUT2D eigenvalue weighted by molar-refractivity contribution is 5.85. The Morgan fingerprint density at radius 3 is 2.24 bits per heavy atom. The van der Waals surface area contributed by atoms with Crippen molar-refractivity contribution < 1.29 is 19.1 Å². The number of carbonyl (C=O) groups is 2. The summed E-state index contributed by atoms with van der Waals surface area (Å²) in [7, 11) is 0. The molecule has 21 heavy (non-hydrogen) atoms. The lowest BCUT2D eigenvalue weighted by molar-refractivity contribution is -0.141. The molecule has 0 radical (unpaired) electrons. The van der Waals surface area contributed by atoms with Gasteiger partial charge in [-0.05, 0) is 23.3 Å². The summed E-state index contributed by atoms with van der Waals surface area (Å²) in [6.07, 6.45) is -0.00308. The lowest BCUT2D eigenvalue weighted by Gasteiger charge is -2.14. The topological polar surface area (TPSA) is 66.4 Å². The normalized spacial score (nSPS) is 11.7. The molecule has 1 unspecified atom stereocenters. The van der Waals surface area contributed by atoms with Gasteiger partial charge >= 0.3 is 5.97 Å². The number of benzene rings is 2. The zero-order valence-electron chi connectivity index (χ0n) is 11.1. The van der Waals surface area contributed by atoms with E-state index in [0.717, 1.165) is 0 Å². The Kier molecular flexibility index (Phi) is 4.66. The SMILES string of the molecule is O=C(Cc1ccc(F)cc1)NC(C(=O)O)c1ccccc1. The molecule has 1 amide bonds. The van der Waals surface area contributed by atoms with Crippen molar-refractivity contribution >= 4 is 11.9 Å². The number of aliphatic carboxylic acids is 1. The predicted molar refractivity (Wildman–Crippen MR) is 75.1 cm³/mol. The number of rotatable bonds is 5. The highest BCUT2D eigenvalue weighted by atomic mass is 19.1. The smallest absolute Gasteiger partial charge is 0.330 e. The van der Waals surface area contributed by atoms with Gasteiger partial charge in [0, 0.05) is 0 Å². The average molecular weight is 287 g/mol. The molecule has 108 valence electrons. The molecular weight excluding hydrogens is 273 g/mol. The van der Waals surface area contributed by atoms with Crippen molar-refractivity contribution in [3.05, 3.63) is 71.5 Å². The molecule has 2 rings (SSSR count). The Bertz CT molecular complexity index is 626. The zero-order chi connectivity index (χ0) is 15.2. The molecular formula is C16H14FNO3. The van der Waals surface area contributed by atoms with E-state index in [9.17, 15) is 19.1 Å². The molecule has 0 aliphatic heterocycles. The highest BCUT2D eigenvalue weighted by Gasteiger charge is 2.21. The van der Waals surface area contributed by atoms with Crippen LogP contribution in [-0.4, -0.2) is 17.0 Å². The van der Waals surface area contributed by atoms with Crippen LogP contribution in [0.2, 0.25) is 0 Å². The monoisotopic (exact) mass is 287 g/mol. The van der Waals surface area contributed by atoms with E-state index in [1.54, 1.807) is 30.3 Å². The molecule has 0 bridgehead atoms. The van der Waals surface area contributed by atoms with Crippen molar-refractivity contribution in [2.75, 3.05) is 0 Å². The molecule has 2 aromatic carbocycles. The van der Waals surface area contributed by atoms with E-state index in [1.165, 1.54) is 24.3 Å². The number of carbonyl (C=O) groups excluding carboxylic acids is 1. The van der Waals surface area contributed by atoms with Crippen molar-refractivity contribution in [1.82, 2.24) is 5.32 Å². The van der Waals surface area contributed by atoms with Crippen molar-refractivity contribution in [2.45, 2.75) is 12.5 Å². The number of carboxylic acid groups (broad SMARTS) is 1. The fourth-order valence-corrected chi connectivity index (χ4v) is 1.93. The average Bonchev–Trinajstić information content (AvgIpc) is 2.48. The maximum atomic E-state index is 12.8. The second-order valence-electron chi connectivity index (χ2n) is 4.55. The van der Waals surface area contributed by atoms with Gasteiger partial charge in [0.05, 0.1) is 6.42 Å². The van der Waals surface area contributed by atoms with Crippen LogP contribution in [0.25, 0.3) is 0 Å². The minimum Gasteiger partial charge on any atom is -0.479 e. The summed E-state index contributed by atoms with van der Waals surface area (Å²) in [5.41, 5.74) is 1.11. The van der Waals surface area contributed by atoms with E-state index in [2.05, 4.69) is 5.32 Å². The number of hydrogen-bond acceptors (Lipinski definition) is 2. The number of halogens is 1. The van der Waals surface area contributed by atoms with Crippen LogP contribution in [-0.2, 0) is 16.0 Å². The van der Waals surface area contributed by atoms with E-state index in [0.29, 0.717) is 11.1 Å². The third kappa shape index (κ3) is 4.14. The first-order chi connectivity index (χ1) is 10.1. The summed E-state index contributed by atoms with van der Waals surface area (Å²) in [6, 6.07) is 12.9. The van der Waals surface area contributed by atoms with Gasteiger partial charge < -0.3 is 10.4 Å². The molecule has 0 saturated carbocycles. The number of amides is 1. The molecule has 0 saturated heterocycles. The van der Waals surface area contributed by atoms with Crippen LogP contribution in [0.5, 0.6) is 0 Å². The Balaban J connectivity index is 2.05. The number of carboxylic acids is 1. The fourth-order valence-electron chi connectivity index (χ4n) is 1.93. The Hall–Kier alpha value is -2.69. The van der Waals surface area contributed by atoms with Crippen LogP contribution in [0.4, 0.5) is 4.39 Å². The van der Waals surface area contributed by atoms with Gasteiger partial charge in [0.25, 0.3) is 0 Å². The van der Waals surface area contributed by atoms with Crippen LogP contribution in [0, 0.1) is 5.82 Å². The van der Waals surface area contributed by atoms with Crippen molar-refractivity contribution in [1.29, 1.82) is 0 Å². The van der Waals surface area contributed by atoms with E-state index < -0.39 is 17.9 Å². The van der Waals surface area contributed by atoms with Crippen molar-refractivity contribution in [3.63, 3.8) is 0 Å². The second kappa shape index (κ2) is 6.65. The van der Waals surface area contributed by atoms with Gasteiger partial charge in [0.15, 0.2) is 6.04 Å². The highest BCUT2D eigenvalue weighted by Crippen LogP contribution is 2.13. The van der Waals surface area contributed by atoms with Crippen LogP contribution in [0.3, 0.4) is 0 Å². The van der Waals surface area contributed by atoms with E-state index in [4.69, 9.17) is 0 Å². The van der Waals surface area contributed by atoms with Gasteiger partial charge in [-0.1, -0.05) is 42.5 Å². The van der Waals surface area contributed by atoms with Gasteiger partial charge in [-0.2, -0.15) is 0 Å². The first kappa shape index (κ1) is 14.7. The molecule has 0 heterocycles. The third-order valence-electron chi connectivity index (χ3n) is 2.96. The largest absolute Gasteiger partial charge is 0.479 e. The van der Waals surface area contributed by atoms with E-state index >= 15 is 0 Å². The van der Waals surface area contributed by atoms with Crippen LogP contribution >= 0.6 is 0 Å². The lowest BCUT2D eigenvalue weighted by atomic mass is 10.1. The lowest BCUT2D eigenvalue weighted by Crippen LogP contribution is -2.34. The number of hydrogen-bond donors (Lipinski definition) is 2.